The van der Waals surface area contributed by atoms with Crippen molar-refractivity contribution >= 4 is 33.2 Å². The van der Waals surface area contributed by atoms with Crippen molar-refractivity contribution in [1.82, 2.24) is 0 Å². The van der Waals surface area contributed by atoms with E-state index in [0.29, 0.717) is 17.1 Å². The summed E-state index contributed by atoms with van der Waals surface area (Å²) in [4.78, 5) is 0. The van der Waals surface area contributed by atoms with Crippen molar-refractivity contribution < 1.29 is 4.39 Å². The minimum atomic E-state index is -0.252. The van der Waals surface area contributed by atoms with Crippen LogP contribution < -0.4 is 5.32 Å². The van der Waals surface area contributed by atoms with Gasteiger partial charge in [0.05, 0.1) is 5.69 Å². The number of nitrogens with one attached hydrogen (secondary N) is 1. The van der Waals surface area contributed by atoms with Gasteiger partial charge in [0.15, 0.2) is 0 Å². The maximum atomic E-state index is 13.6. The molecule has 0 spiro atoms. The van der Waals surface area contributed by atoms with Gasteiger partial charge in [-0.2, -0.15) is 0 Å². The molecule has 0 saturated carbocycles. The lowest BCUT2D eigenvalue weighted by molar-refractivity contribution is 0.613. The molecule has 0 fully saturated rings. The molecule has 0 aliphatic rings. The molecule has 0 aliphatic heterocycles. The van der Waals surface area contributed by atoms with Gasteiger partial charge in [-0.05, 0) is 65.2 Å². The first-order valence-corrected chi connectivity index (χ1v) is 7.09. The Morgan fingerprint density at radius 3 is 2.63 bits per heavy atom. The highest BCUT2D eigenvalue weighted by Crippen LogP contribution is 2.28. The molecule has 4 heteroatoms. The summed E-state index contributed by atoms with van der Waals surface area (Å²) in [5.41, 5.74) is 3.84. The average Bonchev–Trinajstić information content (AvgIpc) is 2.32. The molecule has 2 aromatic carbocycles. The topological polar surface area (TPSA) is 12.0 Å². The van der Waals surface area contributed by atoms with Crippen LogP contribution in [0.1, 0.15) is 16.7 Å². The van der Waals surface area contributed by atoms with Gasteiger partial charge in [-0.25, -0.2) is 4.39 Å². The zero-order chi connectivity index (χ0) is 14.0. The van der Waals surface area contributed by atoms with Crippen molar-refractivity contribution in [2.24, 2.45) is 0 Å². The van der Waals surface area contributed by atoms with Gasteiger partial charge in [-0.15, -0.1) is 0 Å². The van der Waals surface area contributed by atoms with Crippen LogP contribution in [0.5, 0.6) is 0 Å². The van der Waals surface area contributed by atoms with Crippen LogP contribution in [0, 0.1) is 19.7 Å². The Labute approximate surface area is 125 Å². The van der Waals surface area contributed by atoms with Gasteiger partial charge in [-0.3, -0.25) is 0 Å². The molecule has 100 valence electrons. The van der Waals surface area contributed by atoms with Crippen molar-refractivity contribution in [3.63, 3.8) is 0 Å². The zero-order valence-electron chi connectivity index (χ0n) is 10.7. The maximum Gasteiger partial charge on any atom is 0.128 e. The fourth-order valence-corrected chi connectivity index (χ4v) is 3.01. The van der Waals surface area contributed by atoms with E-state index in [1.54, 1.807) is 12.1 Å². The molecule has 1 N–H and O–H groups in total. The second-order valence-corrected chi connectivity index (χ2v) is 5.82. The third-order valence-electron chi connectivity index (χ3n) is 2.90. The molecular weight excluding hydrogens is 329 g/mol. The van der Waals surface area contributed by atoms with Crippen LogP contribution in [0.3, 0.4) is 0 Å². The van der Waals surface area contributed by atoms with Gasteiger partial charge in [-0.1, -0.05) is 17.7 Å². The first kappa shape index (κ1) is 14.4. The fraction of sp³-hybridized carbons (Fsp3) is 0.200. The third-order valence-corrected chi connectivity index (χ3v) is 3.76. The van der Waals surface area contributed by atoms with Crippen LogP contribution in [0.4, 0.5) is 10.1 Å². The van der Waals surface area contributed by atoms with Gasteiger partial charge in [0.1, 0.15) is 5.82 Å². The number of anilines is 1. The van der Waals surface area contributed by atoms with Crippen LogP contribution >= 0.6 is 27.5 Å². The first-order chi connectivity index (χ1) is 8.97. The quantitative estimate of drug-likeness (QED) is 0.780. The minimum Gasteiger partial charge on any atom is -0.380 e. The summed E-state index contributed by atoms with van der Waals surface area (Å²) in [6, 6.07) is 8.69. The normalized spacial score (nSPS) is 10.6. The SMILES string of the molecule is Cc1cc(C)c(NCc2cc(Cl)ccc2F)c(Br)c1. The van der Waals surface area contributed by atoms with E-state index in [2.05, 4.69) is 27.3 Å². The Morgan fingerprint density at radius 2 is 1.95 bits per heavy atom. The monoisotopic (exact) mass is 341 g/mol. The molecule has 1 nitrogen and oxygen atoms in total. The molecule has 0 saturated heterocycles. The van der Waals surface area contributed by atoms with E-state index in [9.17, 15) is 4.39 Å². The number of halogens is 3. The second kappa shape index (κ2) is 5.93. The van der Waals surface area contributed by atoms with Crippen LogP contribution in [0.2, 0.25) is 5.02 Å². The molecule has 0 bridgehead atoms. The largest absolute Gasteiger partial charge is 0.380 e. The van der Waals surface area contributed by atoms with Gasteiger partial charge in [0.2, 0.25) is 0 Å². The average molecular weight is 343 g/mol. The molecule has 0 radical (unpaired) electrons. The lowest BCUT2D eigenvalue weighted by Crippen LogP contribution is -2.04. The Hall–Kier alpha value is -1.06. The zero-order valence-corrected chi connectivity index (χ0v) is 13.1. The van der Waals surface area contributed by atoms with Crippen LogP contribution in [-0.4, -0.2) is 0 Å². The number of benzene rings is 2. The summed E-state index contributed by atoms with van der Waals surface area (Å²) in [5.74, 6) is -0.252. The van der Waals surface area contributed by atoms with E-state index < -0.39 is 0 Å². The molecule has 0 aromatic heterocycles. The lowest BCUT2D eigenvalue weighted by atomic mass is 10.1. The summed E-state index contributed by atoms with van der Waals surface area (Å²) in [6.45, 7) is 4.46. The Balaban J connectivity index is 2.21. The highest BCUT2D eigenvalue weighted by molar-refractivity contribution is 9.10. The van der Waals surface area contributed by atoms with E-state index in [1.165, 1.54) is 11.6 Å². The number of hydrogen-bond acceptors (Lipinski definition) is 1. The van der Waals surface area contributed by atoms with Gasteiger partial charge < -0.3 is 5.32 Å². The molecule has 19 heavy (non-hydrogen) atoms. The van der Waals surface area contributed by atoms with Crippen molar-refractivity contribution in [2.45, 2.75) is 20.4 Å². The van der Waals surface area contributed by atoms with Crippen LogP contribution in [-0.2, 0) is 6.54 Å². The van der Waals surface area contributed by atoms with Crippen LogP contribution in [0.25, 0.3) is 0 Å². The molecule has 0 unspecified atom stereocenters. The van der Waals surface area contributed by atoms with E-state index in [1.807, 2.05) is 19.9 Å². The van der Waals surface area contributed by atoms with Crippen molar-refractivity contribution in [3.8, 4) is 0 Å². The van der Waals surface area contributed by atoms with Crippen LogP contribution in [0.15, 0.2) is 34.8 Å². The predicted molar refractivity (Wildman–Crippen MR) is 82.4 cm³/mol. The molecular formula is C15H14BrClFN. The lowest BCUT2D eigenvalue weighted by Gasteiger charge is -2.13. The summed E-state index contributed by atoms with van der Waals surface area (Å²) in [7, 11) is 0. The summed E-state index contributed by atoms with van der Waals surface area (Å²) in [5, 5.41) is 3.79. The van der Waals surface area contributed by atoms with Crippen molar-refractivity contribution in [1.29, 1.82) is 0 Å². The Morgan fingerprint density at radius 1 is 1.21 bits per heavy atom. The maximum absolute atomic E-state index is 13.6. The second-order valence-electron chi connectivity index (χ2n) is 4.53. The molecule has 2 aromatic rings. The molecule has 0 heterocycles. The van der Waals surface area contributed by atoms with Gasteiger partial charge in [0, 0.05) is 21.6 Å². The number of rotatable bonds is 3. The highest BCUT2D eigenvalue weighted by Gasteiger charge is 2.07. The number of hydrogen-bond donors (Lipinski definition) is 1. The summed E-state index contributed by atoms with van der Waals surface area (Å²) < 4.78 is 14.6. The van der Waals surface area contributed by atoms with Gasteiger partial charge in [0.25, 0.3) is 0 Å². The minimum absolute atomic E-state index is 0.252. The molecule has 0 amide bonds. The van der Waals surface area contributed by atoms with Crippen molar-refractivity contribution in [2.75, 3.05) is 5.32 Å². The Bertz CT molecular complexity index is 590. The van der Waals surface area contributed by atoms with Crippen molar-refractivity contribution in [3.05, 3.63) is 62.3 Å². The fourth-order valence-electron chi connectivity index (χ4n) is 2.00. The summed E-state index contributed by atoms with van der Waals surface area (Å²) in [6.07, 6.45) is 0. The molecule has 0 aliphatic carbocycles. The summed E-state index contributed by atoms with van der Waals surface area (Å²) >= 11 is 9.40. The third kappa shape index (κ3) is 3.48. The van der Waals surface area contributed by atoms with E-state index in [-0.39, 0.29) is 5.82 Å². The van der Waals surface area contributed by atoms with E-state index in [0.717, 1.165) is 15.7 Å². The Kier molecular flexibility index (Phi) is 4.48. The van der Waals surface area contributed by atoms with E-state index >= 15 is 0 Å². The predicted octanol–water partition coefficient (Wildman–Crippen LogP) is 5.47. The standard InChI is InChI=1S/C15H14BrClFN/c1-9-5-10(2)15(13(16)6-9)19-8-11-7-12(17)3-4-14(11)18/h3-7,19H,8H2,1-2H3. The highest BCUT2D eigenvalue weighted by atomic mass is 79.9. The number of aryl methyl sites for hydroxylation is 2. The molecule has 2 rings (SSSR count). The molecule has 0 atom stereocenters. The van der Waals surface area contributed by atoms with Gasteiger partial charge >= 0.3 is 0 Å². The smallest absolute Gasteiger partial charge is 0.128 e. The first-order valence-electron chi connectivity index (χ1n) is 5.92. The van der Waals surface area contributed by atoms with E-state index in [4.69, 9.17) is 11.6 Å².